The van der Waals surface area contributed by atoms with Crippen LogP contribution in [-0.4, -0.2) is 74.7 Å². The number of methoxy groups -OCH3 is 1. The molecule has 2 aliphatic heterocycles. The van der Waals surface area contributed by atoms with Crippen molar-refractivity contribution in [1.82, 2.24) is 15.1 Å². The number of nitrogens with zero attached hydrogens (tertiary/aromatic N) is 3. The molecule has 138 valence electrons. The van der Waals surface area contributed by atoms with E-state index >= 15 is 0 Å². The normalized spacial score (nSPS) is 24.0. The van der Waals surface area contributed by atoms with Gasteiger partial charge in [-0.05, 0) is 45.1 Å². The number of hydrogen-bond donors (Lipinski definition) is 1. The predicted octanol–water partition coefficient (Wildman–Crippen LogP) is 1.57. The summed E-state index contributed by atoms with van der Waals surface area (Å²) >= 11 is 0. The van der Waals surface area contributed by atoms with Crippen molar-refractivity contribution in [3.05, 3.63) is 0 Å². The fraction of sp³-hybridized carbons (Fsp3) is 0.889. The minimum absolute atomic E-state index is 0.0453. The number of piperidine rings is 2. The van der Waals surface area contributed by atoms with Crippen molar-refractivity contribution in [1.29, 1.82) is 0 Å². The maximum absolute atomic E-state index is 11.7. The Kier molecular flexibility index (Phi) is 7.82. The Morgan fingerprint density at radius 2 is 2.00 bits per heavy atom. The SMILES string of the molecule is CCNC(=NCCN1CCCC(C)C1)N1CCC(C(=O)OC)CC1. The monoisotopic (exact) mass is 338 g/mol. The first kappa shape index (κ1) is 19.0. The summed E-state index contributed by atoms with van der Waals surface area (Å²) in [6.45, 7) is 11.3. The number of rotatable bonds is 5. The summed E-state index contributed by atoms with van der Waals surface area (Å²) < 4.78 is 4.86. The first-order chi connectivity index (χ1) is 11.6. The third-order valence-corrected chi connectivity index (χ3v) is 5.08. The zero-order valence-electron chi connectivity index (χ0n) is 15.6. The fourth-order valence-corrected chi connectivity index (χ4v) is 3.71. The van der Waals surface area contributed by atoms with Crippen LogP contribution in [0.1, 0.15) is 39.5 Å². The zero-order valence-corrected chi connectivity index (χ0v) is 15.6. The number of hydrogen-bond acceptors (Lipinski definition) is 4. The molecule has 0 amide bonds. The second-order valence-corrected chi connectivity index (χ2v) is 7.07. The Hall–Kier alpha value is -1.30. The minimum Gasteiger partial charge on any atom is -0.469 e. The summed E-state index contributed by atoms with van der Waals surface area (Å²) in [5.41, 5.74) is 0. The van der Waals surface area contributed by atoms with Gasteiger partial charge in [-0.3, -0.25) is 9.79 Å². The molecule has 0 aromatic heterocycles. The molecular formula is C18H34N4O2. The number of nitrogens with one attached hydrogen (secondary N) is 1. The Morgan fingerprint density at radius 3 is 2.62 bits per heavy atom. The lowest BCUT2D eigenvalue weighted by atomic mass is 9.97. The molecule has 0 aromatic carbocycles. The number of likely N-dealkylation sites (tertiary alicyclic amines) is 2. The van der Waals surface area contributed by atoms with Crippen molar-refractivity contribution >= 4 is 11.9 Å². The molecule has 1 atom stereocenters. The number of guanidine groups is 1. The van der Waals surface area contributed by atoms with E-state index < -0.39 is 0 Å². The molecule has 0 aromatic rings. The Morgan fingerprint density at radius 1 is 1.25 bits per heavy atom. The number of esters is 1. The molecule has 6 heteroatoms. The molecule has 2 aliphatic rings. The van der Waals surface area contributed by atoms with E-state index in [-0.39, 0.29) is 11.9 Å². The predicted molar refractivity (Wildman–Crippen MR) is 97.1 cm³/mol. The Balaban J connectivity index is 1.81. The van der Waals surface area contributed by atoms with E-state index in [0.29, 0.717) is 0 Å². The van der Waals surface area contributed by atoms with E-state index in [1.165, 1.54) is 33.0 Å². The molecule has 1 N–H and O–H groups in total. The number of ether oxygens (including phenoxy) is 1. The lowest BCUT2D eigenvalue weighted by Crippen LogP contribution is -2.47. The summed E-state index contributed by atoms with van der Waals surface area (Å²) in [5, 5.41) is 3.40. The molecule has 2 rings (SSSR count). The van der Waals surface area contributed by atoms with Gasteiger partial charge in [-0.1, -0.05) is 6.92 Å². The molecule has 0 radical (unpaired) electrons. The molecule has 2 saturated heterocycles. The minimum atomic E-state index is -0.0733. The van der Waals surface area contributed by atoms with Gasteiger partial charge in [-0.25, -0.2) is 0 Å². The lowest BCUT2D eigenvalue weighted by molar-refractivity contribution is -0.146. The number of carbonyl (C=O) groups excluding carboxylic acids is 1. The van der Waals surface area contributed by atoms with E-state index in [4.69, 9.17) is 9.73 Å². The molecule has 2 heterocycles. The zero-order chi connectivity index (χ0) is 17.4. The van der Waals surface area contributed by atoms with Crippen molar-refractivity contribution in [3.63, 3.8) is 0 Å². The molecule has 0 bridgehead atoms. The van der Waals surface area contributed by atoms with Gasteiger partial charge < -0.3 is 19.9 Å². The molecule has 6 nitrogen and oxygen atoms in total. The number of aliphatic imine (C=N–C) groups is 1. The molecule has 24 heavy (non-hydrogen) atoms. The summed E-state index contributed by atoms with van der Waals surface area (Å²) in [4.78, 5) is 21.3. The van der Waals surface area contributed by atoms with Crippen LogP contribution in [0.5, 0.6) is 0 Å². The van der Waals surface area contributed by atoms with E-state index in [1.807, 2.05) is 0 Å². The number of carbonyl (C=O) groups is 1. The molecule has 0 saturated carbocycles. The van der Waals surface area contributed by atoms with Gasteiger partial charge in [-0.15, -0.1) is 0 Å². The van der Waals surface area contributed by atoms with Crippen LogP contribution in [0.2, 0.25) is 0 Å². The van der Waals surface area contributed by atoms with Gasteiger partial charge in [0.1, 0.15) is 0 Å². The third kappa shape index (κ3) is 5.65. The molecule has 1 unspecified atom stereocenters. The van der Waals surface area contributed by atoms with Crippen molar-refractivity contribution in [2.24, 2.45) is 16.8 Å². The van der Waals surface area contributed by atoms with Crippen molar-refractivity contribution < 1.29 is 9.53 Å². The average Bonchev–Trinajstić information content (AvgIpc) is 2.60. The highest BCUT2D eigenvalue weighted by molar-refractivity contribution is 5.80. The summed E-state index contributed by atoms with van der Waals surface area (Å²) in [5.74, 6) is 1.78. The largest absolute Gasteiger partial charge is 0.469 e. The van der Waals surface area contributed by atoms with E-state index in [9.17, 15) is 4.79 Å². The lowest BCUT2D eigenvalue weighted by Gasteiger charge is -2.33. The summed E-state index contributed by atoms with van der Waals surface area (Å²) in [6.07, 6.45) is 4.37. The summed E-state index contributed by atoms with van der Waals surface area (Å²) in [7, 11) is 1.47. The van der Waals surface area contributed by atoms with E-state index in [0.717, 1.165) is 57.4 Å². The van der Waals surface area contributed by atoms with Gasteiger partial charge in [0.15, 0.2) is 5.96 Å². The summed E-state index contributed by atoms with van der Waals surface area (Å²) in [6, 6.07) is 0. The maximum atomic E-state index is 11.7. The van der Waals surface area contributed by atoms with Crippen LogP contribution < -0.4 is 5.32 Å². The van der Waals surface area contributed by atoms with Gasteiger partial charge in [0.25, 0.3) is 0 Å². The van der Waals surface area contributed by atoms with Crippen LogP contribution >= 0.6 is 0 Å². The molecule has 0 aliphatic carbocycles. The van der Waals surface area contributed by atoms with Crippen LogP contribution in [-0.2, 0) is 9.53 Å². The van der Waals surface area contributed by atoms with Gasteiger partial charge in [0, 0.05) is 32.7 Å². The maximum Gasteiger partial charge on any atom is 0.308 e. The van der Waals surface area contributed by atoms with Crippen LogP contribution in [0.15, 0.2) is 4.99 Å². The second kappa shape index (κ2) is 9.87. The van der Waals surface area contributed by atoms with Crippen LogP contribution in [0, 0.1) is 11.8 Å². The average molecular weight is 338 g/mol. The van der Waals surface area contributed by atoms with Crippen molar-refractivity contribution in [2.45, 2.75) is 39.5 Å². The highest BCUT2D eigenvalue weighted by Crippen LogP contribution is 2.18. The topological polar surface area (TPSA) is 57.2 Å². The standard InChI is InChI=1S/C18H34N4O2/c1-4-19-18(20-9-13-21-10-5-6-15(2)14-21)22-11-7-16(8-12-22)17(23)24-3/h15-16H,4-14H2,1-3H3,(H,19,20). The quantitative estimate of drug-likeness (QED) is 0.468. The van der Waals surface area contributed by atoms with Gasteiger partial charge >= 0.3 is 5.97 Å². The highest BCUT2D eigenvalue weighted by atomic mass is 16.5. The van der Waals surface area contributed by atoms with E-state index in [2.05, 4.69) is 29.0 Å². The second-order valence-electron chi connectivity index (χ2n) is 7.07. The van der Waals surface area contributed by atoms with E-state index in [1.54, 1.807) is 0 Å². The Labute approximate surface area is 146 Å². The van der Waals surface area contributed by atoms with Crippen LogP contribution in [0.4, 0.5) is 0 Å². The van der Waals surface area contributed by atoms with Crippen LogP contribution in [0.25, 0.3) is 0 Å². The first-order valence-corrected chi connectivity index (χ1v) is 9.47. The van der Waals surface area contributed by atoms with Crippen molar-refractivity contribution in [3.8, 4) is 0 Å². The Bertz CT molecular complexity index is 419. The fourth-order valence-electron chi connectivity index (χ4n) is 3.71. The van der Waals surface area contributed by atoms with Crippen LogP contribution in [0.3, 0.4) is 0 Å². The van der Waals surface area contributed by atoms with Gasteiger partial charge in [0.2, 0.25) is 0 Å². The third-order valence-electron chi connectivity index (χ3n) is 5.08. The van der Waals surface area contributed by atoms with Gasteiger partial charge in [-0.2, -0.15) is 0 Å². The van der Waals surface area contributed by atoms with Gasteiger partial charge in [0.05, 0.1) is 19.6 Å². The molecular weight excluding hydrogens is 304 g/mol. The van der Waals surface area contributed by atoms with Crippen molar-refractivity contribution in [2.75, 3.05) is 52.9 Å². The molecule has 2 fully saturated rings. The smallest absolute Gasteiger partial charge is 0.308 e. The highest BCUT2D eigenvalue weighted by Gasteiger charge is 2.27. The molecule has 0 spiro atoms. The first-order valence-electron chi connectivity index (χ1n) is 9.47.